The fourth-order valence-electron chi connectivity index (χ4n) is 1.15. The Balaban J connectivity index is 4.12. The lowest BCUT2D eigenvalue weighted by molar-refractivity contribution is -0.159. The van der Waals surface area contributed by atoms with E-state index in [1.165, 1.54) is 0 Å². The zero-order valence-corrected chi connectivity index (χ0v) is 11.2. The maximum atomic E-state index is 11.4. The van der Waals surface area contributed by atoms with E-state index < -0.39 is 42.3 Å². The molecular weight excluding hydrogens is 240 g/mol. The molecule has 0 fully saturated rings. The topological polar surface area (TPSA) is 89.9 Å². The summed E-state index contributed by atoms with van der Waals surface area (Å²) in [4.78, 5) is 33.7. The first-order valence-electron chi connectivity index (χ1n) is 5.74. The lowest BCUT2D eigenvalue weighted by atomic mass is 10.1. The Morgan fingerprint density at radius 3 is 2.22 bits per heavy atom. The van der Waals surface area contributed by atoms with Crippen molar-refractivity contribution in [3.8, 4) is 0 Å². The lowest BCUT2D eigenvalue weighted by Gasteiger charge is -2.19. The molecule has 1 N–H and O–H groups in total. The molecule has 0 aliphatic heterocycles. The molecule has 0 aromatic heterocycles. The minimum absolute atomic E-state index is 0.121. The summed E-state index contributed by atoms with van der Waals surface area (Å²) in [6, 6.07) is 0. The van der Waals surface area contributed by atoms with Crippen molar-refractivity contribution >= 4 is 17.7 Å². The minimum atomic E-state index is -1.53. The van der Waals surface area contributed by atoms with Crippen LogP contribution in [0.1, 0.15) is 40.5 Å². The molecule has 0 rings (SSSR count). The Kier molecular flexibility index (Phi) is 6.54. The van der Waals surface area contributed by atoms with Gasteiger partial charge in [-0.25, -0.2) is 4.79 Å². The van der Waals surface area contributed by atoms with E-state index >= 15 is 0 Å². The number of ether oxygens (including phenoxy) is 2. The highest BCUT2D eigenvalue weighted by molar-refractivity contribution is 5.97. The molecule has 0 aromatic rings. The van der Waals surface area contributed by atoms with Crippen molar-refractivity contribution in [2.45, 2.75) is 52.2 Å². The van der Waals surface area contributed by atoms with Crippen molar-refractivity contribution < 1.29 is 29.0 Å². The summed E-state index contributed by atoms with van der Waals surface area (Å²) in [7, 11) is 0. The maximum Gasteiger partial charge on any atom is 0.335 e. The molecule has 0 radical (unpaired) electrons. The molecule has 0 spiro atoms. The second-order valence-corrected chi connectivity index (χ2v) is 4.77. The molecule has 0 aliphatic carbocycles. The molecule has 104 valence electrons. The molecule has 0 aromatic carbocycles. The van der Waals surface area contributed by atoms with Crippen molar-refractivity contribution in [2.75, 3.05) is 6.61 Å². The number of carbonyl (C=O) groups is 3. The maximum absolute atomic E-state index is 11.4. The highest BCUT2D eigenvalue weighted by atomic mass is 16.6. The van der Waals surface area contributed by atoms with Gasteiger partial charge >= 0.3 is 11.9 Å². The Hall–Kier alpha value is -1.43. The van der Waals surface area contributed by atoms with Crippen LogP contribution in [0.4, 0.5) is 0 Å². The monoisotopic (exact) mass is 260 g/mol. The number of carbonyl (C=O) groups excluding carboxylic acids is 3. The van der Waals surface area contributed by atoms with E-state index in [0.717, 1.165) is 0 Å². The second kappa shape index (κ2) is 7.10. The molecule has 0 heterocycles. The molecule has 0 bridgehead atoms. The van der Waals surface area contributed by atoms with E-state index in [-0.39, 0.29) is 6.61 Å². The third-order valence-corrected chi connectivity index (χ3v) is 1.74. The third kappa shape index (κ3) is 7.78. The Morgan fingerprint density at radius 2 is 1.78 bits per heavy atom. The Bertz CT molecular complexity index is 315. The standard InChI is InChI=1S/C12H20O6/c1-5-17-11(16)9(14)6-8(13)7-10(15)18-12(2,3)4/h9,14H,5-7H2,1-4H3/t9-/m0/s1. The fourth-order valence-corrected chi connectivity index (χ4v) is 1.15. The van der Waals surface area contributed by atoms with E-state index in [1.54, 1.807) is 27.7 Å². The first-order valence-corrected chi connectivity index (χ1v) is 5.74. The second-order valence-electron chi connectivity index (χ2n) is 4.77. The van der Waals surface area contributed by atoms with E-state index in [4.69, 9.17) is 4.74 Å². The molecule has 0 aliphatic rings. The van der Waals surface area contributed by atoms with Crippen molar-refractivity contribution in [3.63, 3.8) is 0 Å². The van der Waals surface area contributed by atoms with E-state index in [2.05, 4.69) is 4.74 Å². The van der Waals surface area contributed by atoms with Gasteiger partial charge in [-0.1, -0.05) is 0 Å². The van der Waals surface area contributed by atoms with Crippen LogP contribution in [-0.2, 0) is 23.9 Å². The van der Waals surface area contributed by atoms with Crippen LogP contribution in [-0.4, -0.2) is 41.1 Å². The number of hydrogen-bond donors (Lipinski definition) is 1. The molecule has 6 heteroatoms. The van der Waals surface area contributed by atoms with Gasteiger partial charge in [0.2, 0.25) is 0 Å². The number of aliphatic hydroxyl groups excluding tert-OH is 1. The normalized spacial score (nSPS) is 12.7. The molecule has 18 heavy (non-hydrogen) atoms. The number of rotatable bonds is 6. The van der Waals surface area contributed by atoms with Gasteiger partial charge in [-0.2, -0.15) is 0 Å². The fraction of sp³-hybridized carbons (Fsp3) is 0.750. The van der Waals surface area contributed by atoms with Gasteiger partial charge in [0.1, 0.15) is 17.8 Å². The molecule has 0 saturated carbocycles. The first kappa shape index (κ1) is 16.6. The highest BCUT2D eigenvalue weighted by Crippen LogP contribution is 2.09. The Labute approximate surface area is 106 Å². The quantitative estimate of drug-likeness (QED) is 0.555. The third-order valence-electron chi connectivity index (χ3n) is 1.74. The molecule has 1 atom stereocenters. The number of Topliss-reactive ketones (excluding diaryl/α,β-unsaturated/α-hetero) is 1. The van der Waals surface area contributed by atoms with Crippen molar-refractivity contribution in [1.29, 1.82) is 0 Å². The lowest BCUT2D eigenvalue weighted by Crippen LogP contribution is -2.29. The minimum Gasteiger partial charge on any atom is -0.464 e. The van der Waals surface area contributed by atoms with Crippen LogP contribution in [0.2, 0.25) is 0 Å². The highest BCUT2D eigenvalue weighted by Gasteiger charge is 2.23. The Morgan fingerprint density at radius 1 is 1.22 bits per heavy atom. The van der Waals surface area contributed by atoms with Gasteiger partial charge in [0.05, 0.1) is 6.61 Å². The first-order chi connectivity index (χ1) is 8.15. The molecule has 0 unspecified atom stereocenters. The largest absolute Gasteiger partial charge is 0.464 e. The van der Waals surface area contributed by atoms with E-state index in [0.29, 0.717) is 0 Å². The summed E-state index contributed by atoms with van der Waals surface area (Å²) in [6.07, 6.45) is -2.44. The summed E-state index contributed by atoms with van der Waals surface area (Å²) in [6.45, 7) is 6.76. The number of esters is 2. The average Bonchev–Trinajstić information content (AvgIpc) is 2.13. The number of hydrogen-bond acceptors (Lipinski definition) is 6. The van der Waals surface area contributed by atoms with Crippen LogP contribution in [0.5, 0.6) is 0 Å². The SMILES string of the molecule is CCOC(=O)[C@@H](O)CC(=O)CC(=O)OC(C)(C)C. The van der Waals surface area contributed by atoms with Gasteiger partial charge in [-0.05, 0) is 27.7 Å². The summed E-state index contributed by atoms with van der Waals surface area (Å²) in [5, 5.41) is 9.32. The van der Waals surface area contributed by atoms with Gasteiger partial charge in [-0.15, -0.1) is 0 Å². The molecule has 0 saturated heterocycles. The van der Waals surface area contributed by atoms with Crippen LogP contribution >= 0.6 is 0 Å². The van der Waals surface area contributed by atoms with Gasteiger partial charge in [0, 0.05) is 6.42 Å². The summed E-state index contributed by atoms with van der Waals surface area (Å²) >= 11 is 0. The predicted octanol–water partition coefficient (Wildman–Crippen LogP) is 0.601. The van der Waals surface area contributed by atoms with Crippen molar-refractivity contribution in [2.24, 2.45) is 0 Å². The molecule has 0 amide bonds. The molecular formula is C12H20O6. The van der Waals surface area contributed by atoms with Gasteiger partial charge in [0.15, 0.2) is 6.10 Å². The van der Waals surface area contributed by atoms with E-state index in [1.807, 2.05) is 0 Å². The van der Waals surface area contributed by atoms with Crippen LogP contribution in [0, 0.1) is 0 Å². The zero-order valence-electron chi connectivity index (χ0n) is 11.2. The van der Waals surface area contributed by atoms with E-state index in [9.17, 15) is 19.5 Å². The van der Waals surface area contributed by atoms with Crippen LogP contribution < -0.4 is 0 Å². The summed E-state index contributed by atoms with van der Waals surface area (Å²) in [5.74, 6) is -2.11. The van der Waals surface area contributed by atoms with Gasteiger partial charge < -0.3 is 14.6 Å². The number of ketones is 1. The zero-order chi connectivity index (χ0) is 14.3. The predicted molar refractivity (Wildman–Crippen MR) is 62.7 cm³/mol. The number of aliphatic hydroxyl groups is 1. The van der Waals surface area contributed by atoms with Gasteiger partial charge in [-0.3, -0.25) is 9.59 Å². The average molecular weight is 260 g/mol. The van der Waals surface area contributed by atoms with Crippen molar-refractivity contribution in [1.82, 2.24) is 0 Å². The van der Waals surface area contributed by atoms with Crippen molar-refractivity contribution in [3.05, 3.63) is 0 Å². The van der Waals surface area contributed by atoms with Crippen LogP contribution in [0.3, 0.4) is 0 Å². The van der Waals surface area contributed by atoms with Gasteiger partial charge in [0.25, 0.3) is 0 Å². The smallest absolute Gasteiger partial charge is 0.335 e. The van der Waals surface area contributed by atoms with Crippen LogP contribution in [0.25, 0.3) is 0 Å². The molecule has 6 nitrogen and oxygen atoms in total. The van der Waals surface area contributed by atoms with Crippen LogP contribution in [0.15, 0.2) is 0 Å². The summed E-state index contributed by atoms with van der Waals surface area (Å²) in [5.41, 5.74) is -0.670. The summed E-state index contributed by atoms with van der Waals surface area (Å²) < 4.78 is 9.47.